The Morgan fingerprint density at radius 1 is 0.717 bits per heavy atom. The summed E-state index contributed by atoms with van der Waals surface area (Å²) in [5.41, 5.74) is 1.35. The van der Waals surface area contributed by atoms with E-state index in [4.69, 9.17) is 19.7 Å². The molecule has 0 saturated heterocycles. The largest absolute Gasteiger partial charge is 0.481 e. The van der Waals surface area contributed by atoms with Crippen molar-refractivity contribution in [3.8, 4) is 0 Å². The molecule has 46 heavy (non-hydrogen) atoms. The first kappa shape index (κ1) is 34.9. The highest BCUT2D eigenvalue weighted by Crippen LogP contribution is 2.77. The fraction of sp³-hybridized carbons (Fsp3) is 0.842. The van der Waals surface area contributed by atoms with E-state index in [-0.39, 0.29) is 58.9 Å². The maximum atomic E-state index is 12.6. The molecule has 8 heteroatoms. The zero-order valence-corrected chi connectivity index (χ0v) is 29.1. The van der Waals surface area contributed by atoms with Crippen LogP contribution in [0.15, 0.2) is 12.2 Å². The lowest BCUT2D eigenvalue weighted by molar-refractivity contribution is -0.252. The van der Waals surface area contributed by atoms with Crippen LogP contribution in [-0.4, -0.2) is 46.8 Å². The van der Waals surface area contributed by atoms with Gasteiger partial charge in [0.05, 0.1) is 32.3 Å². The quantitative estimate of drug-likeness (QED) is 0.182. The molecule has 5 aliphatic rings. The van der Waals surface area contributed by atoms with Gasteiger partial charge in [-0.2, -0.15) is 0 Å². The first-order chi connectivity index (χ1) is 21.4. The van der Waals surface area contributed by atoms with Crippen LogP contribution in [-0.2, 0) is 28.7 Å². The molecule has 0 radical (unpaired) electrons. The molecule has 0 unspecified atom stereocenters. The van der Waals surface area contributed by atoms with E-state index in [1.165, 1.54) is 5.57 Å². The number of allylic oxidation sites excluding steroid dienone is 1. The molecule has 0 bridgehead atoms. The van der Waals surface area contributed by atoms with Crippen LogP contribution in [0.25, 0.3) is 0 Å². The number of carbonyl (C=O) groups excluding carboxylic acids is 2. The summed E-state index contributed by atoms with van der Waals surface area (Å²) in [6.07, 6.45) is 9.79. The van der Waals surface area contributed by atoms with Crippen LogP contribution in [0.3, 0.4) is 0 Å². The van der Waals surface area contributed by atoms with E-state index in [1.54, 1.807) is 0 Å². The highest BCUT2D eigenvalue weighted by atomic mass is 16.5. The summed E-state index contributed by atoms with van der Waals surface area (Å²) >= 11 is 0. The van der Waals surface area contributed by atoms with Gasteiger partial charge in [0.25, 0.3) is 0 Å². The number of esters is 2. The van der Waals surface area contributed by atoms with E-state index in [0.717, 1.165) is 64.2 Å². The van der Waals surface area contributed by atoms with Gasteiger partial charge in [-0.05, 0) is 117 Å². The number of aliphatic carboxylic acids is 2. The Morgan fingerprint density at radius 2 is 1.37 bits per heavy atom. The molecule has 0 aromatic rings. The minimum absolute atomic E-state index is 0.0818. The summed E-state index contributed by atoms with van der Waals surface area (Å²) < 4.78 is 11.9. The zero-order valence-electron chi connectivity index (χ0n) is 29.1. The molecule has 0 aliphatic heterocycles. The van der Waals surface area contributed by atoms with Gasteiger partial charge in [-0.1, -0.05) is 46.8 Å². The molecule has 5 aliphatic carbocycles. The SMILES string of the molecule is C=C(C)[C@@H]1CC[C@]2(COC(=O)CCC(=O)O)CC[C@]3(C)[C@H](CC[C@@H]4[C@@]5(C)CC[C@@H](OC(=O)CCC(=O)O)C(C)(C)[C@@H]5CC[C@]43C)[C@@H]12. The van der Waals surface area contributed by atoms with Gasteiger partial charge < -0.3 is 19.7 Å². The monoisotopic (exact) mass is 642 g/mol. The molecule has 10 atom stereocenters. The van der Waals surface area contributed by atoms with Crippen molar-refractivity contribution in [2.75, 3.05) is 6.61 Å². The molecule has 258 valence electrons. The van der Waals surface area contributed by atoms with Gasteiger partial charge in [0.2, 0.25) is 0 Å². The van der Waals surface area contributed by atoms with Crippen LogP contribution in [0.4, 0.5) is 0 Å². The Balaban J connectivity index is 1.38. The first-order valence-electron chi connectivity index (χ1n) is 17.9. The molecule has 5 saturated carbocycles. The van der Waals surface area contributed by atoms with Gasteiger partial charge in [-0.3, -0.25) is 19.2 Å². The van der Waals surface area contributed by atoms with Gasteiger partial charge in [-0.25, -0.2) is 0 Å². The average Bonchev–Trinajstić information content (AvgIpc) is 3.36. The molecule has 0 aromatic carbocycles. The van der Waals surface area contributed by atoms with Crippen molar-refractivity contribution in [1.82, 2.24) is 0 Å². The van der Waals surface area contributed by atoms with Crippen LogP contribution >= 0.6 is 0 Å². The van der Waals surface area contributed by atoms with E-state index >= 15 is 0 Å². The number of hydrogen-bond acceptors (Lipinski definition) is 6. The van der Waals surface area contributed by atoms with Gasteiger partial charge in [0.1, 0.15) is 6.10 Å². The van der Waals surface area contributed by atoms with Gasteiger partial charge in [0, 0.05) is 10.8 Å². The number of fused-ring (bicyclic) bond motifs is 7. The fourth-order valence-corrected chi connectivity index (χ4v) is 12.7. The van der Waals surface area contributed by atoms with Crippen LogP contribution in [0, 0.1) is 56.7 Å². The number of carboxylic acid groups (broad SMARTS) is 2. The third kappa shape index (κ3) is 5.61. The second-order valence-corrected chi connectivity index (χ2v) is 17.3. The Hall–Kier alpha value is -2.38. The van der Waals surface area contributed by atoms with E-state index in [0.29, 0.717) is 36.2 Å². The smallest absolute Gasteiger partial charge is 0.306 e. The highest BCUT2D eigenvalue weighted by Gasteiger charge is 2.71. The number of rotatable bonds is 10. The van der Waals surface area contributed by atoms with E-state index in [1.807, 2.05) is 0 Å². The van der Waals surface area contributed by atoms with Gasteiger partial charge in [-0.15, -0.1) is 0 Å². The summed E-state index contributed by atoms with van der Waals surface area (Å²) in [5, 5.41) is 18.1. The van der Waals surface area contributed by atoms with Crippen molar-refractivity contribution < 1.29 is 38.9 Å². The maximum Gasteiger partial charge on any atom is 0.306 e. The van der Waals surface area contributed by atoms with Crippen molar-refractivity contribution in [2.45, 2.75) is 138 Å². The maximum absolute atomic E-state index is 12.6. The molecule has 0 spiro atoms. The first-order valence-corrected chi connectivity index (χ1v) is 17.9. The average molecular weight is 643 g/mol. The molecule has 5 fully saturated rings. The lowest BCUT2D eigenvalue weighted by atomic mass is 9.32. The van der Waals surface area contributed by atoms with Crippen LogP contribution in [0.1, 0.15) is 131 Å². The van der Waals surface area contributed by atoms with Crippen LogP contribution in [0.2, 0.25) is 0 Å². The number of carboxylic acids is 2. The fourth-order valence-electron chi connectivity index (χ4n) is 12.7. The third-order valence-corrected chi connectivity index (χ3v) is 15.1. The van der Waals surface area contributed by atoms with Crippen molar-refractivity contribution >= 4 is 23.9 Å². The molecule has 0 aromatic heterocycles. The molecule has 0 heterocycles. The number of ether oxygens (including phenoxy) is 2. The predicted octanol–water partition coefficient (Wildman–Crippen LogP) is 7.83. The second-order valence-electron chi connectivity index (χ2n) is 17.3. The topological polar surface area (TPSA) is 127 Å². The van der Waals surface area contributed by atoms with Crippen molar-refractivity contribution in [2.24, 2.45) is 56.7 Å². The summed E-state index contributed by atoms with van der Waals surface area (Å²) in [4.78, 5) is 47.3. The molecular weight excluding hydrogens is 584 g/mol. The standard InChI is InChI=1S/C38H58O8/c1-23(2)24-14-19-38(22-45-31(43)12-10-29(39)40)21-20-36(6)25(33(24)38)8-9-27-35(5)17-16-28(46-32(44)13-11-30(41)42)34(3,4)26(35)15-18-37(27,36)7/h24-28,33H,1,8-22H2,2-7H3,(H,39,40)(H,41,42)/t24-,25+,26-,27+,28+,33+,35-,36+,37+,38+/m0/s1. The number of hydrogen-bond donors (Lipinski definition) is 2. The molecule has 2 N–H and O–H groups in total. The molecular formula is C38H58O8. The van der Waals surface area contributed by atoms with E-state index in [2.05, 4.69) is 48.1 Å². The lowest BCUT2D eigenvalue weighted by Gasteiger charge is -2.73. The second kappa shape index (κ2) is 12.3. The zero-order chi connectivity index (χ0) is 33.9. The highest BCUT2D eigenvalue weighted by molar-refractivity contribution is 5.77. The Bertz CT molecular complexity index is 1250. The number of carbonyl (C=O) groups is 4. The minimum Gasteiger partial charge on any atom is -0.481 e. The Morgan fingerprint density at radius 3 is 2.00 bits per heavy atom. The minimum atomic E-state index is -0.980. The van der Waals surface area contributed by atoms with Gasteiger partial charge in [0.15, 0.2) is 0 Å². The van der Waals surface area contributed by atoms with Crippen molar-refractivity contribution in [3.63, 3.8) is 0 Å². The van der Waals surface area contributed by atoms with Crippen molar-refractivity contribution in [3.05, 3.63) is 12.2 Å². The lowest BCUT2D eigenvalue weighted by Crippen LogP contribution is -2.67. The van der Waals surface area contributed by atoms with Gasteiger partial charge >= 0.3 is 23.9 Å². The summed E-state index contributed by atoms with van der Waals surface area (Å²) in [7, 11) is 0. The summed E-state index contributed by atoms with van der Waals surface area (Å²) in [6.45, 7) is 19.2. The van der Waals surface area contributed by atoms with Crippen molar-refractivity contribution in [1.29, 1.82) is 0 Å². The normalized spacial score (nSPS) is 42.4. The summed E-state index contributed by atoms with van der Waals surface area (Å²) in [5.74, 6) is -0.505. The third-order valence-electron chi connectivity index (χ3n) is 15.1. The Kier molecular flexibility index (Phi) is 9.31. The van der Waals surface area contributed by atoms with E-state index < -0.39 is 23.9 Å². The molecule has 0 amide bonds. The molecule has 5 rings (SSSR count). The predicted molar refractivity (Wildman–Crippen MR) is 174 cm³/mol. The van der Waals surface area contributed by atoms with E-state index in [9.17, 15) is 19.2 Å². The van der Waals surface area contributed by atoms with Crippen LogP contribution < -0.4 is 0 Å². The summed E-state index contributed by atoms with van der Waals surface area (Å²) in [6, 6.07) is 0. The van der Waals surface area contributed by atoms with Crippen LogP contribution in [0.5, 0.6) is 0 Å². The molecule has 8 nitrogen and oxygen atoms in total. The Labute approximate surface area is 275 Å².